The van der Waals surface area contributed by atoms with E-state index in [1.165, 1.54) is 0 Å². The van der Waals surface area contributed by atoms with E-state index >= 15 is 0 Å². The molecule has 0 fully saturated rings. The zero-order valence-electron chi connectivity index (χ0n) is 16.6. The molecule has 0 radical (unpaired) electrons. The van der Waals surface area contributed by atoms with Crippen molar-refractivity contribution in [3.8, 4) is 11.5 Å². The van der Waals surface area contributed by atoms with E-state index in [-0.39, 0.29) is 11.3 Å². The van der Waals surface area contributed by atoms with E-state index in [0.29, 0.717) is 40.7 Å². The molecule has 2 aliphatic heterocycles. The van der Waals surface area contributed by atoms with E-state index in [1.54, 1.807) is 20.8 Å². The Morgan fingerprint density at radius 2 is 1.56 bits per heavy atom. The zero-order chi connectivity index (χ0) is 20.4. The van der Waals surface area contributed by atoms with Gasteiger partial charge in [-0.3, -0.25) is 24.2 Å². The Kier molecular flexibility index (Phi) is 6.43. The van der Waals surface area contributed by atoms with E-state index in [1.807, 2.05) is 0 Å². The topological polar surface area (TPSA) is 112 Å². The SMILES string of the molecule is CC(C)(C)OO.CC(C)CCC(C)Cc1c(C(=O)O)c2c3ooc3c1OO2. The number of hydrogen-bond donors (Lipinski definition) is 2. The van der Waals surface area contributed by atoms with Crippen molar-refractivity contribution in [1.82, 2.24) is 0 Å². The molecule has 2 aliphatic rings. The van der Waals surface area contributed by atoms with Gasteiger partial charge in [0.15, 0.2) is 0 Å². The molecule has 4 rings (SSSR count). The van der Waals surface area contributed by atoms with E-state index in [0.717, 1.165) is 12.8 Å². The summed E-state index contributed by atoms with van der Waals surface area (Å²) in [5, 5.41) is 17.3. The maximum absolute atomic E-state index is 11.5. The molecule has 8 heteroatoms. The van der Waals surface area contributed by atoms with Gasteiger partial charge in [-0.1, -0.05) is 33.6 Å². The van der Waals surface area contributed by atoms with E-state index < -0.39 is 11.6 Å². The summed E-state index contributed by atoms with van der Waals surface area (Å²) >= 11 is 0. The van der Waals surface area contributed by atoms with Crippen LogP contribution in [0.4, 0.5) is 0 Å². The molecule has 0 spiro atoms. The van der Waals surface area contributed by atoms with Gasteiger partial charge < -0.3 is 5.11 Å². The number of carboxylic acid groups (broad SMARTS) is 1. The van der Waals surface area contributed by atoms with Gasteiger partial charge in [0.2, 0.25) is 11.5 Å². The summed E-state index contributed by atoms with van der Waals surface area (Å²) in [6, 6.07) is 0. The lowest BCUT2D eigenvalue weighted by Crippen LogP contribution is -2.20. The minimum Gasteiger partial charge on any atom is -0.478 e. The molecule has 2 aromatic rings. The van der Waals surface area contributed by atoms with E-state index in [4.69, 9.17) is 24.2 Å². The van der Waals surface area contributed by atoms with Crippen molar-refractivity contribution in [3.05, 3.63) is 11.1 Å². The van der Waals surface area contributed by atoms with Crippen molar-refractivity contribution in [2.75, 3.05) is 0 Å². The maximum atomic E-state index is 11.5. The number of benzene rings is 1. The first-order valence-corrected chi connectivity index (χ1v) is 9.02. The van der Waals surface area contributed by atoms with Crippen molar-refractivity contribution in [3.63, 3.8) is 0 Å². The minimum absolute atomic E-state index is 0.102. The van der Waals surface area contributed by atoms with Gasteiger partial charge in [0.25, 0.3) is 11.2 Å². The normalized spacial score (nSPS) is 13.9. The molecule has 0 amide bonds. The lowest BCUT2D eigenvalue weighted by Gasteiger charge is -2.24. The minimum atomic E-state index is -1.04. The van der Waals surface area contributed by atoms with Crippen LogP contribution in [0.3, 0.4) is 0 Å². The van der Waals surface area contributed by atoms with Crippen LogP contribution >= 0.6 is 0 Å². The van der Waals surface area contributed by atoms with Crippen LogP contribution in [0.25, 0.3) is 11.2 Å². The summed E-state index contributed by atoms with van der Waals surface area (Å²) in [6.07, 6.45) is 2.74. The van der Waals surface area contributed by atoms with Gasteiger partial charge in [-0.15, -0.1) is 0 Å². The van der Waals surface area contributed by atoms with Gasteiger partial charge in [-0.2, -0.15) is 0 Å². The van der Waals surface area contributed by atoms with Crippen molar-refractivity contribution < 1.29 is 39.0 Å². The van der Waals surface area contributed by atoms with Crippen LogP contribution in [0.5, 0.6) is 11.5 Å². The number of aromatic carboxylic acids is 1. The quantitative estimate of drug-likeness (QED) is 0.510. The lowest BCUT2D eigenvalue weighted by atomic mass is 9.90. The second-order valence-corrected chi connectivity index (χ2v) is 8.29. The van der Waals surface area contributed by atoms with Crippen LogP contribution < -0.4 is 9.78 Å². The molecule has 0 saturated heterocycles. The third-order valence-corrected chi connectivity index (χ3v) is 4.12. The molecule has 1 atom stereocenters. The molecule has 3 heterocycles. The Labute approximate surface area is 157 Å². The smallest absolute Gasteiger partial charge is 0.340 e. The molecule has 0 saturated carbocycles. The fourth-order valence-corrected chi connectivity index (χ4v) is 2.65. The highest BCUT2D eigenvalue weighted by Gasteiger charge is 2.38. The first-order valence-electron chi connectivity index (χ1n) is 9.02. The molecule has 2 bridgehead atoms. The van der Waals surface area contributed by atoms with Gasteiger partial charge in [-0.05, 0) is 39.0 Å². The molecule has 27 heavy (non-hydrogen) atoms. The zero-order valence-corrected chi connectivity index (χ0v) is 16.6. The Hall–Kier alpha value is -2.19. The standard InChI is InChI=1S/C15H18O6.C4H10O2/c1-7(2)4-5-8(3)6-9-10(15(16)17)12-14-13(20-21-14)11(9)18-19-12;1-4(2,3)6-5/h7-8H,4-6H2,1-3H3,(H,16,17);5H,1-3H3. The molecule has 0 aliphatic carbocycles. The lowest BCUT2D eigenvalue weighted by molar-refractivity contribution is -0.306. The molecule has 2 N–H and O–H groups in total. The molecule has 8 nitrogen and oxygen atoms in total. The molecular weight excluding hydrogens is 356 g/mol. The average molecular weight is 384 g/mol. The first-order chi connectivity index (χ1) is 12.5. The fraction of sp³-hybridized carbons (Fsp3) is 0.632. The number of fused-ring (bicyclic) bond motifs is 2. The Balaban J connectivity index is 0.000000380. The van der Waals surface area contributed by atoms with Crippen LogP contribution in [-0.2, 0) is 11.3 Å². The van der Waals surface area contributed by atoms with E-state index in [2.05, 4.69) is 25.7 Å². The van der Waals surface area contributed by atoms with Gasteiger partial charge in [0.05, 0.1) is 5.60 Å². The van der Waals surface area contributed by atoms with Gasteiger partial charge >= 0.3 is 5.97 Å². The van der Waals surface area contributed by atoms with Gasteiger partial charge in [0, 0.05) is 5.56 Å². The number of carboxylic acids is 1. The fourth-order valence-electron chi connectivity index (χ4n) is 2.65. The van der Waals surface area contributed by atoms with Crippen molar-refractivity contribution in [2.24, 2.45) is 11.8 Å². The van der Waals surface area contributed by atoms with E-state index in [9.17, 15) is 9.90 Å². The van der Waals surface area contributed by atoms with Crippen molar-refractivity contribution in [1.29, 1.82) is 0 Å². The summed E-state index contributed by atoms with van der Waals surface area (Å²) in [4.78, 5) is 25.6. The second kappa shape index (κ2) is 8.22. The molecule has 152 valence electrons. The predicted molar refractivity (Wildman–Crippen MR) is 97.1 cm³/mol. The molecule has 1 aromatic carbocycles. The van der Waals surface area contributed by atoms with Crippen molar-refractivity contribution >= 4 is 17.1 Å². The molecular formula is C19H28O8. The molecule has 1 aromatic heterocycles. The Morgan fingerprint density at radius 3 is 2.00 bits per heavy atom. The third-order valence-electron chi connectivity index (χ3n) is 4.12. The van der Waals surface area contributed by atoms with Crippen molar-refractivity contribution in [2.45, 2.75) is 66.4 Å². The highest BCUT2D eigenvalue weighted by atomic mass is 17.2. The predicted octanol–water partition coefficient (Wildman–Crippen LogP) is 5.30. The summed E-state index contributed by atoms with van der Waals surface area (Å²) < 4.78 is 9.70. The Bertz CT molecular complexity index is 778. The maximum Gasteiger partial charge on any atom is 0.340 e. The third kappa shape index (κ3) is 4.95. The molecule has 1 unspecified atom stereocenters. The van der Waals surface area contributed by atoms with Gasteiger partial charge in [0.1, 0.15) is 5.56 Å². The summed E-state index contributed by atoms with van der Waals surface area (Å²) in [7, 11) is 0. The highest BCUT2D eigenvalue weighted by molar-refractivity contribution is 6.02. The van der Waals surface area contributed by atoms with Crippen LogP contribution in [-0.4, -0.2) is 21.9 Å². The summed E-state index contributed by atoms with van der Waals surface area (Å²) in [6.45, 7) is 11.8. The number of hydrogen-bond acceptors (Lipinski definition) is 7. The van der Waals surface area contributed by atoms with Crippen LogP contribution in [0.15, 0.2) is 9.15 Å². The Morgan fingerprint density at radius 1 is 1.04 bits per heavy atom. The summed E-state index contributed by atoms with van der Waals surface area (Å²) in [5.41, 5.74) is 1.09. The van der Waals surface area contributed by atoms with Crippen LogP contribution in [0, 0.1) is 11.8 Å². The largest absolute Gasteiger partial charge is 0.478 e. The van der Waals surface area contributed by atoms with Crippen LogP contribution in [0.1, 0.15) is 70.3 Å². The average Bonchev–Trinajstić information content (AvgIpc) is 2.52. The highest BCUT2D eigenvalue weighted by Crippen LogP contribution is 2.48. The number of carbonyl (C=O) groups is 1. The first kappa shape index (κ1) is 21.1. The van der Waals surface area contributed by atoms with Gasteiger partial charge in [-0.25, -0.2) is 9.68 Å². The summed E-state index contributed by atoms with van der Waals surface area (Å²) in [5.74, 6) is 0.365. The monoisotopic (exact) mass is 384 g/mol. The number of rotatable bonds is 6. The van der Waals surface area contributed by atoms with Crippen LogP contribution in [0.2, 0.25) is 0 Å². The second-order valence-electron chi connectivity index (χ2n) is 8.29.